The van der Waals surface area contributed by atoms with Gasteiger partial charge in [-0.1, -0.05) is 6.92 Å². The smallest absolute Gasteiger partial charge is 0.341 e. The Morgan fingerprint density at radius 2 is 1.88 bits per heavy atom. The third kappa shape index (κ3) is 5.94. The van der Waals surface area contributed by atoms with E-state index in [1.165, 1.54) is 16.2 Å². The van der Waals surface area contributed by atoms with Crippen molar-refractivity contribution in [2.24, 2.45) is 5.92 Å². The summed E-state index contributed by atoms with van der Waals surface area (Å²) in [6.45, 7) is 9.55. The SMILES string of the molecule is CCOC(=O)c1c(NC(=O)CN2CCN([C@H](C)C(=O)NC3CC3)CC2)sc2c1CC[C@H](C)C2. The van der Waals surface area contributed by atoms with Crippen molar-refractivity contribution in [1.82, 2.24) is 15.1 Å². The molecule has 2 aliphatic carbocycles. The number of piperazine rings is 1. The Balaban J connectivity index is 1.32. The number of hydrogen-bond donors (Lipinski definition) is 2. The summed E-state index contributed by atoms with van der Waals surface area (Å²) in [6.07, 6.45) is 5.02. The van der Waals surface area contributed by atoms with E-state index in [4.69, 9.17) is 4.74 Å². The highest BCUT2D eigenvalue weighted by Crippen LogP contribution is 2.40. The summed E-state index contributed by atoms with van der Waals surface area (Å²) >= 11 is 1.52. The van der Waals surface area contributed by atoms with E-state index in [1.807, 2.05) is 6.92 Å². The summed E-state index contributed by atoms with van der Waals surface area (Å²) in [5.41, 5.74) is 1.61. The highest BCUT2D eigenvalue weighted by molar-refractivity contribution is 7.17. The zero-order valence-electron chi connectivity index (χ0n) is 19.9. The number of ether oxygens (including phenoxy) is 1. The Morgan fingerprint density at radius 3 is 2.55 bits per heavy atom. The molecule has 0 aromatic carbocycles. The quantitative estimate of drug-likeness (QED) is 0.560. The molecule has 1 aromatic rings. The lowest BCUT2D eigenvalue weighted by atomic mass is 9.88. The van der Waals surface area contributed by atoms with Crippen LogP contribution in [0, 0.1) is 5.92 Å². The third-order valence-corrected chi connectivity index (χ3v) is 8.04. The van der Waals surface area contributed by atoms with Gasteiger partial charge >= 0.3 is 5.97 Å². The predicted octanol–water partition coefficient (Wildman–Crippen LogP) is 2.27. The number of amides is 2. The molecule has 33 heavy (non-hydrogen) atoms. The van der Waals surface area contributed by atoms with Crippen molar-refractivity contribution in [3.63, 3.8) is 0 Å². The Labute approximate surface area is 200 Å². The molecule has 0 spiro atoms. The van der Waals surface area contributed by atoms with Gasteiger partial charge in [-0.3, -0.25) is 19.4 Å². The molecule has 2 N–H and O–H groups in total. The molecule has 0 unspecified atom stereocenters. The van der Waals surface area contributed by atoms with Gasteiger partial charge in [0, 0.05) is 37.1 Å². The van der Waals surface area contributed by atoms with Crippen LogP contribution >= 0.6 is 11.3 Å². The minimum atomic E-state index is -0.341. The Hall–Kier alpha value is -1.97. The fourth-order valence-electron chi connectivity index (χ4n) is 4.65. The Morgan fingerprint density at radius 1 is 1.15 bits per heavy atom. The Bertz CT molecular complexity index is 889. The van der Waals surface area contributed by atoms with E-state index in [0.29, 0.717) is 29.1 Å². The minimum absolute atomic E-state index is 0.103. The molecule has 0 bridgehead atoms. The first-order valence-corrected chi connectivity index (χ1v) is 13.1. The third-order valence-electron chi connectivity index (χ3n) is 6.87. The van der Waals surface area contributed by atoms with E-state index < -0.39 is 0 Å². The molecule has 2 atom stereocenters. The zero-order valence-corrected chi connectivity index (χ0v) is 20.8. The monoisotopic (exact) mass is 476 g/mol. The number of nitrogens with one attached hydrogen (secondary N) is 2. The fourth-order valence-corrected chi connectivity index (χ4v) is 6.07. The molecule has 8 nitrogen and oxygen atoms in total. The number of carbonyl (C=O) groups is 3. The molecule has 1 aliphatic heterocycles. The van der Waals surface area contributed by atoms with Crippen LogP contribution < -0.4 is 10.6 Å². The largest absolute Gasteiger partial charge is 0.462 e. The normalized spacial score (nSPS) is 22.3. The number of esters is 1. The second-order valence-corrected chi connectivity index (χ2v) is 10.7. The first kappa shape index (κ1) is 24.2. The van der Waals surface area contributed by atoms with Gasteiger partial charge in [-0.25, -0.2) is 4.79 Å². The van der Waals surface area contributed by atoms with Gasteiger partial charge in [-0.2, -0.15) is 0 Å². The van der Waals surface area contributed by atoms with Crippen molar-refractivity contribution in [3.05, 3.63) is 16.0 Å². The highest BCUT2D eigenvalue weighted by Gasteiger charge is 2.32. The number of carbonyl (C=O) groups excluding carboxylic acids is 3. The number of nitrogens with zero attached hydrogens (tertiary/aromatic N) is 2. The average molecular weight is 477 g/mol. The molecule has 0 radical (unpaired) electrons. The molecule has 9 heteroatoms. The van der Waals surface area contributed by atoms with Gasteiger partial charge in [0.05, 0.1) is 24.8 Å². The van der Waals surface area contributed by atoms with Gasteiger partial charge < -0.3 is 15.4 Å². The molecule has 1 aromatic heterocycles. The van der Waals surface area contributed by atoms with Crippen LogP contribution in [0.3, 0.4) is 0 Å². The first-order chi connectivity index (χ1) is 15.9. The van der Waals surface area contributed by atoms with Gasteiger partial charge in [-0.15, -0.1) is 11.3 Å². The van der Waals surface area contributed by atoms with Crippen LogP contribution in [0.4, 0.5) is 5.00 Å². The molecule has 3 aliphatic rings. The molecule has 4 rings (SSSR count). The van der Waals surface area contributed by atoms with Crippen molar-refractivity contribution in [2.75, 3.05) is 44.6 Å². The first-order valence-electron chi connectivity index (χ1n) is 12.2. The summed E-state index contributed by atoms with van der Waals surface area (Å²) in [7, 11) is 0. The minimum Gasteiger partial charge on any atom is -0.462 e. The predicted molar refractivity (Wildman–Crippen MR) is 129 cm³/mol. The van der Waals surface area contributed by atoms with Gasteiger partial charge in [0.25, 0.3) is 0 Å². The van der Waals surface area contributed by atoms with E-state index in [-0.39, 0.29) is 30.4 Å². The second-order valence-electron chi connectivity index (χ2n) is 9.60. The lowest BCUT2D eigenvalue weighted by Gasteiger charge is -2.37. The summed E-state index contributed by atoms with van der Waals surface area (Å²) < 4.78 is 5.30. The second kappa shape index (κ2) is 10.5. The van der Waals surface area contributed by atoms with Crippen molar-refractivity contribution in [2.45, 2.75) is 65.0 Å². The van der Waals surface area contributed by atoms with Crippen LogP contribution in [-0.2, 0) is 27.2 Å². The molecule has 182 valence electrons. The maximum Gasteiger partial charge on any atom is 0.341 e. The van der Waals surface area contributed by atoms with Crippen LogP contribution in [0.1, 0.15) is 60.8 Å². The van der Waals surface area contributed by atoms with E-state index in [1.54, 1.807) is 6.92 Å². The van der Waals surface area contributed by atoms with Crippen molar-refractivity contribution in [3.8, 4) is 0 Å². The summed E-state index contributed by atoms with van der Waals surface area (Å²) in [5, 5.41) is 6.71. The van der Waals surface area contributed by atoms with Crippen LogP contribution in [0.15, 0.2) is 0 Å². The summed E-state index contributed by atoms with van der Waals surface area (Å²) in [6, 6.07) is 0.226. The van der Waals surface area contributed by atoms with E-state index in [2.05, 4.69) is 27.4 Å². The van der Waals surface area contributed by atoms with Gasteiger partial charge in [0.15, 0.2) is 0 Å². The molecular formula is C24H36N4O4S. The fraction of sp³-hybridized carbons (Fsp3) is 0.708. The summed E-state index contributed by atoms with van der Waals surface area (Å²) in [5.74, 6) is 0.234. The maximum atomic E-state index is 12.9. The van der Waals surface area contributed by atoms with Gasteiger partial charge in [-0.05, 0) is 57.4 Å². The highest BCUT2D eigenvalue weighted by atomic mass is 32.1. The van der Waals surface area contributed by atoms with Crippen LogP contribution in [0.25, 0.3) is 0 Å². The number of anilines is 1. The number of thiophene rings is 1. The van der Waals surface area contributed by atoms with Gasteiger partial charge in [0.1, 0.15) is 5.00 Å². The molecule has 2 heterocycles. The number of fused-ring (bicyclic) bond motifs is 1. The lowest BCUT2D eigenvalue weighted by molar-refractivity contribution is -0.127. The maximum absolute atomic E-state index is 12.9. The molecule has 2 amide bonds. The number of hydrogen-bond acceptors (Lipinski definition) is 7. The van der Waals surface area contributed by atoms with E-state index in [9.17, 15) is 14.4 Å². The standard InChI is InChI=1S/C24H36N4O4S/c1-4-32-24(31)21-18-8-5-15(2)13-19(18)33-23(21)26-20(29)14-27-9-11-28(12-10-27)16(3)22(30)25-17-6-7-17/h15-17H,4-14H2,1-3H3,(H,25,30)(H,26,29)/t15-,16+/m0/s1. The zero-order chi connectivity index (χ0) is 23.5. The van der Waals surface area contributed by atoms with Crippen LogP contribution in [0.5, 0.6) is 0 Å². The number of rotatable bonds is 8. The van der Waals surface area contributed by atoms with Crippen molar-refractivity contribution >= 4 is 34.1 Å². The molecule has 1 saturated heterocycles. The lowest BCUT2D eigenvalue weighted by Crippen LogP contribution is -2.55. The van der Waals surface area contributed by atoms with Gasteiger partial charge in [0.2, 0.25) is 11.8 Å². The van der Waals surface area contributed by atoms with Crippen molar-refractivity contribution < 1.29 is 19.1 Å². The van der Waals surface area contributed by atoms with Crippen molar-refractivity contribution in [1.29, 1.82) is 0 Å². The summed E-state index contributed by atoms with van der Waals surface area (Å²) in [4.78, 5) is 43.3. The molecular weight excluding hydrogens is 440 g/mol. The van der Waals surface area contributed by atoms with Crippen LogP contribution in [-0.4, -0.2) is 79.0 Å². The van der Waals surface area contributed by atoms with Crippen LogP contribution in [0.2, 0.25) is 0 Å². The van der Waals surface area contributed by atoms with E-state index in [0.717, 1.165) is 63.8 Å². The average Bonchev–Trinajstić information content (AvgIpc) is 3.52. The topological polar surface area (TPSA) is 91.0 Å². The Kier molecular flexibility index (Phi) is 7.71. The molecule has 1 saturated carbocycles. The van der Waals surface area contributed by atoms with E-state index >= 15 is 0 Å². The molecule has 2 fully saturated rings.